The van der Waals surface area contributed by atoms with E-state index in [0.717, 1.165) is 0 Å². The summed E-state index contributed by atoms with van der Waals surface area (Å²) in [5.74, 6) is 0. The fraction of sp³-hybridized carbons (Fsp3) is 0.182. The van der Waals surface area contributed by atoms with Gasteiger partial charge in [0.25, 0.3) is 14.6 Å². The number of benzene rings is 1. The number of rotatable bonds is 2. The Labute approximate surface area is 109 Å². The van der Waals surface area contributed by atoms with Gasteiger partial charge in [-0.25, -0.2) is 13.1 Å². The minimum atomic E-state index is -4.06. The molecule has 0 aliphatic carbocycles. The van der Waals surface area contributed by atoms with Crippen molar-refractivity contribution in [2.75, 3.05) is 0 Å². The molecule has 1 aromatic carbocycles. The molecule has 0 spiro atoms. The first kappa shape index (κ1) is 12.9. The molecule has 1 aromatic heterocycles. The molecule has 96 valence electrons. The third kappa shape index (κ3) is 1.97. The van der Waals surface area contributed by atoms with E-state index < -0.39 is 14.6 Å². The number of aromatic nitrogens is 2. The molecule has 1 heterocycles. The SMILES string of the molecule is Cc1c(S(=O)(=O)Cl)c(=O)n(-c2ccccc2)n1C. The first-order valence-corrected chi connectivity index (χ1v) is 7.43. The zero-order valence-electron chi connectivity index (χ0n) is 9.79. The van der Waals surface area contributed by atoms with E-state index in [1.165, 1.54) is 16.3 Å². The van der Waals surface area contributed by atoms with Crippen LogP contribution in [0.5, 0.6) is 0 Å². The number of hydrogen-bond acceptors (Lipinski definition) is 3. The van der Waals surface area contributed by atoms with Gasteiger partial charge in [0, 0.05) is 17.7 Å². The second-order valence-corrected chi connectivity index (χ2v) is 6.33. The van der Waals surface area contributed by atoms with Crippen LogP contribution in [0, 0.1) is 6.92 Å². The average molecular weight is 287 g/mol. The molecule has 7 heteroatoms. The van der Waals surface area contributed by atoms with Crippen molar-refractivity contribution in [3.63, 3.8) is 0 Å². The van der Waals surface area contributed by atoms with Crippen molar-refractivity contribution < 1.29 is 8.42 Å². The maximum Gasteiger partial charge on any atom is 0.291 e. The lowest BCUT2D eigenvalue weighted by Crippen LogP contribution is -2.21. The number of halogens is 1. The molecule has 0 saturated heterocycles. The van der Waals surface area contributed by atoms with Crippen LogP contribution in [-0.4, -0.2) is 17.8 Å². The lowest BCUT2D eigenvalue weighted by molar-refractivity contribution is 0.608. The van der Waals surface area contributed by atoms with Crippen molar-refractivity contribution >= 4 is 19.7 Å². The van der Waals surface area contributed by atoms with Crippen molar-refractivity contribution in [1.82, 2.24) is 9.36 Å². The summed E-state index contributed by atoms with van der Waals surface area (Å²) >= 11 is 0. The summed E-state index contributed by atoms with van der Waals surface area (Å²) in [4.78, 5) is 11.8. The van der Waals surface area contributed by atoms with E-state index in [9.17, 15) is 13.2 Å². The molecule has 0 bridgehead atoms. The third-order valence-electron chi connectivity index (χ3n) is 2.75. The van der Waals surface area contributed by atoms with Crippen LogP contribution in [0.3, 0.4) is 0 Å². The number of hydrogen-bond donors (Lipinski definition) is 0. The van der Waals surface area contributed by atoms with Crippen LogP contribution in [0.4, 0.5) is 0 Å². The van der Waals surface area contributed by atoms with E-state index in [4.69, 9.17) is 10.7 Å². The van der Waals surface area contributed by atoms with Crippen molar-refractivity contribution in [1.29, 1.82) is 0 Å². The average Bonchev–Trinajstić information content (AvgIpc) is 2.50. The Morgan fingerprint density at radius 2 is 1.72 bits per heavy atom. The van der Waals surface area contributed by atoms with Crippen LogP contribution in [0.25, 0.3) is 5.69 Å². The molecule has 0 saturated carbocycles. The molecule has 5 nitrogen and oxygen atoms in total. The van der Waals surface area contributed by atoms with Crippen LogP contribution in [0.1, 0.15) is 5.69 Å². The normalized spacial score (nSPS) is 11.7. The van der Waals surface area contributed by atoms with Gasteiger partial charge in [0.1, 0.15) is 0 Å². The standard InChI is InChI=1S/C11H11ClN2O3S/c1-8-10(18(12,16)17)11(15)14(13(8)2)9-6-4-3-5-7-9/h3-7H,1-2H3. The van der Waals surface area contributed by atoms with E-state index in [1.807, 2.05) is 6.07 Å². The Morgan fingerprint density at radius 1 is 1.17 bits per heavy atom. The van der Waals surface area contributed by atoms with Crippen LogP contribution in [0.15, 0.2) is 40.0 Å². The third-order valence-corrected chi connectivity index (χ3v) is 4.17. The summed E-state index contributed by atoms with van der Waals surface area (Å²) in [5, 5.41) is 0. The van der Waals surface area contributed by atoms with Gasteiger partial charge in [0.05, 0.1) is 11.4 Å². The summed E-state index contributed by atoms with van der Waals surface area (Å²) in [7, 11) is 2.84. The summed E-state index contributed by atoms with van der Waals surface area (Å²) < 4.78 is 25.6. The first-order chi connectivity index (χ1) is 8.34. The lowest BCUT2D eigenvalue weighted by Gasteiger charge is -2.07. The largest absolute Gasteiger partial charge is 0.291 e. The van der Waals surface area contributed by atoms with Crippen LogP contribution in [0.2, 0.25) is 0 Å². The molecular weight excluding hydrogens is 276 g/mol. The monoisotopic (exact) mass is 286 g/mol. The van der Waals surface area contributed by atoms with Crippen LogP contribution in [-0.2, 0) is 16.1 Å². The van der Waals surface area contributed by atoms with Gasteiger partial charge >= 0.3 is 0 Å². The van der Waals surface area contributed by atoms with Crippen molar-refractivity contribution in [2.45, 2.75) is 11.8 Å². The second-order valence-electron chi connectivity index (χ2n) is 3.83. The Morgan fingerprint density at radius 3 is 2.17 bits per heavy atom. The molecule has 2 rings (SSSR count). The molecule has 0 N–H and O–H groups in total. The molecule has 0 fully saturated rings. The van der Waals surface area contributed by atoms with E-state index in [0.29, 0.717) is 11.4 Å². The maximum atomic E-state index is 12.1. The molecule has 2 aromatic rings. The Kier molecular flexibility index (Phi) is 3.08. The number of nitrogens with zero attached hydrogens (tertiary/aromatic N) is 2. The van der Waals surface area contributed by atoms with Crippen molar-refractivity contribution in [3.8, 4) is 5.69 Å². The van der Waals surface area contributed by atoms with E-state index in [1.54, 1.807) is 31.3 Å². The van der Waals surface area contributed by atoms with Crippen molar-refractivity contribution in [3.05, 3.63) is 46.4 Å². The summed E-state index contributed by atoms with van der Waals surface area (Å²) in [6, 6.07) is 8.76. The fourth-order valence-corrected chi connectivity index (χ4v) is 3.14. The van der Waals surface area contributed by atoms with Gasteiger partial charge in [-0.05, 0) is 19.1 Å². The van der Waals surface area contributed by atoms with Gasteiger partial charge in [0.15, 0.2) is 4.90 Å². The van der Waals surface area contributed by atoms with E-state index >= 15 is 0 Å². The van der Waals surface area contributed by atoms with Gasteiger partial charge in [-0.15, -0.1) is 0 Å². The summed E-state index contributed by atoms with van der Waals surface area (Å²) in [6.45, 7) is 1.54. The van der Waals surface area contributed by atoms with Gasteiger partial charge < -0.3 is 0 Å². The highest BCUT2D eigenvalue weighted by Gasteiger charge is 2.25. The first-order valence-electron chi connectivity index (χ1n) is 5.12. The molecule has 0 aliphatic heterocycles. The molecule has 0 aliphatic rings. The number of para-hydroxylation sites is 1. The molecule has 0 radical (unpaired) electrons. The summed E-state index contributed by atoms with van der Waals surface area (Å²) in [6.07, 6.45) is 0. The highest BCUT2D eigenvalue weighted by molar-refractivity contribution is 8.13. The van der Waals surface area contributed by atoms with Gasteiger partial charge in [0.2, 0.25) is 0 Å². The molecule has 18 heavy (non-hydrogen) atoms. The molecular formula is C11H11ClN2O3S. The molecule has 0 amide bonds. The van der Waals surface area contributed by atoms with E-state index in [2.05, 4.69) is 0 Å². The maximum absolute atomic E-state index is 12.1. The lowest BCUT2D eigenvalue weighted by atomic mass is 10.3. The van der Waals surface area contributed by atoms with Gasteiger partial charge in [-0.2, -0.15) is 0 Å². The zero-order valence-corrected chi connectivity index (χ0v) is 11.4. The van der Waals surface area contributed by atoms with Crippen molar-refractivity contribution in [2.24, 2.45) is 7.05 Å². The fourth-order valence-electron chi connectivity index (χ4n) is 1.82. The van der Waals surface area contributed by atoms with Crippen LogP contribution >= 0.6 is 10.7 Å². The zero-order chi connectivity index (χ0) is 13.5. The smallest absolute Gasteiger partial charge is 0.284 e. The Hall–Kier alpha value is -1.53. The Bertz CT molecular complexity index is 745. The van der Waals surface area contributed by atoms with E-state index in [-0.39, 0.29) is 4.90 Å². The summed E-state index contributed by atoms with van der Waals surface area (Å²) in [5.41, 5.74) is 0.245. The minimum Gasteiger partial charge on any atom is -0.284 e. The second kappa shape index (κ2) is 4.29. The van der Waals surface area contributed by atoms with Crippen LogP contribution < -0.4 is 5.56 Å². The highest BCUT2D eigenvalue weighted by Crippen LogP contribution is 2.17. The quantitative estimate of drug-likeness (QED) is 0.784. The Balaban J connectivity index is 2.85. The van der Waals surface area contributed by atoms with Gasteiger partial charge in [-0.3, -0.25) is 9.48 Å². The minimum absolute atomic E-state index is 0.304. The molecule has 0 unspecified atom stereocenters. The predicted octanol–water partition coefficient (Wildman–Crippen LogP) is 1.41. The van der Waals surface area contributed by atoms with Gasteiger partial charge in [-0.1, -0.05) is 18.2 Å². The highest BCUT2D eigenvalue weighted by atomic mass is 35.7. The predicted molar refractivity (Wildman–Crippen MR) is 68.8 cm³/mol. The topological polar surface area (TPSA) is 61.1 Å². The molecule has 0 atom stereocenters.